The number of carbonyl (C=O) groups excluding carboxylic acids is 1. The van der Waals surface area contributed by atoms with Crippen LogP contribution in [0.15, 0.2) is 67.5 Å². The van der Waals surface area contributed by atoms with Crippen molar-refractivity contribution < 1.29 is 9.36 Å². The lowest BCUT2D eigenvalue weighted by atomic mass is 10.2. The third-order valence-corrected chi connectivity index (χ3v) is 4.31. The van der Waals surface area contributed by atoms with E-state index in [4.69, 9.17) is 0 Å². The lowest BCUT2D eigenvalue weighted by molar-refractivity contribution is -0.681. The number of para-hydroxylation sites is 3. The van der Waals surface area contributed by atoms with Gasteiger partial charge in [-0.25, -0.2) is 9.13 Å². The van der Waals surface area contributed by atoms with Crippen LogP contribution in [0.2, 0.25) is 0 Å². The number of aromatic nitrogens is 2. The highest BCUT2D eigenvalue weighted by atomic mass is 16.2. The summed E-state index contributed by atoms with van der Waals surface area (Å²) in [5.74, 6) is 0.0701. The van der Waals surface area contributed by atoms with Crippen molar-refractivity contribution in [1.82, 2.24) is 4.57 Å². The summed E-state index contributed by atoms with van der Waals surface area (Å²) in [6, 6.07) is 17.5. The van der Waals surface area contributed by atoms with Crippen LogP contribution in [-0.2, 0) is 4.79 Å². The zero-order valence-corrected chi connectivity index (χ0v) is 14.1. The number of fused-ring (bicyclic) bond motifs is 1. The molecule has 1 amide bonds. The molecule has 3 rings (SSSR count). The van der Waals surface area contributed by atoms with Gasteiger partial charge in [0.05, 0.1) is 6.20 Å². The van der Waals surface area contributed by atoms with Gasteiger partial charge in [0.25, 0.3) is 5.91 Å². The van der Waals surface area contributed by atoms with Crippen molar-refractivity contribution >= 4 is 28.8 Å². The first kappa shape index (κ1) is 16.0. The molecule has 1 heterocycles. The number of hydrogen-bond donors (Lipinski definition) is 0. The lowest BCUT2D eigenvalue weighted by Gasteiger charge is -2.23. The van der Waals surface area contributed by atoms with Crippen molar-refractivity contribution in [2.24, 2.45) is 0 Å². The van der Waals surface area contributed by atoms with Crippen LogP contribution in [0, 0.1) is 0 Å². The number of likely N-dealkylation sites (N-methyl/N-ethyl adjacent to an activating group) is 1. The van der Waals surface area contributed by atoms with E-state index in [2.05, 4.69) is 6.58 Å². The van der Waals surface area contributed by atoms with E-state index in [1.807, 2.05) is 88.8 Å². The molecular formula is C20H22N3O+. The summed E-state index contributed by atoms with van der Waals surface area (Å²) in [7, 11) is 0. The van der Waals surface area contributed by atoms with E-state index in [0.29, 0.717) is 6.54 Å². The molecule has 0 saturated carbocycles. The number of carbonyl (C=O) groups is 1. The predicted molar refractivity (Wildman–Crippen MR) is 97.7 cm³/mol. The average Bonchev–Trinajstić information content (AvgIpc) is 3.01. The van der Waals surface area contributed by atoms with Crippen molar-refractivity contribution in [2.45, 2.75) is 19.9 Å². The van der Waals surface area contributed by atoms with E-state index in [-0.39, 0.29) is 11.9 Å². The Morgan fingerprint density at radius 3 is 2.54 bits per heavy atom. The van der Waals surface area contributed by atoms with E-state index < -0.39 is 0 Å². The van der Waals surface area contributed by atoms with Crippen molar-refractivity contribution in [2.75, 3.05) is 11.4 Å². The van der Waals surface area contributed by atoms with E-state index in [1.54, 1.807) is 6.20 Å². The molecule has 1 atom stereocenters. The van der Waals surface area contributed by atoms with Crippen LogP contribution in [0.3, 0.4) is 0 Å². The largest absolute Gasteiger partial charge is 0.309 e. The second-order valence-corrected chi connectivity index (χ2v) is 5.70. The van der Waals surface area contributed by atoms with Crippen molar-refractivity contribution in [3.8, 4) is 0 Å². The Labute approximate surface area is 142 Å². The zero-order chi connectivity index (χ0) is 17.1. The fourth-order valence-electron chi connectivity index (χ4n) is 3.03. The highest BCUT2D eigenvalue weighted by Gasteiger charge is 2.28. The summed E-state index contributed by atoms with van der Waals surface area (Å²) in [4.78, 5) is 14.9. The maximum Gasteiger partial charge on any atom is 0.272 e. The predicted octanol–water partition coefficient (Wildman–Crippen LogP) is 3.64. The summed E-state index contributed by atoms with van der Waals surface area (Å²) < 4.78 is 3.95. The van der Waals surface area contributed by atoms with Crippen LogP contribution in [0.4, 0.5) is 5.69 Å². The molecule has 24 heavy (non-hydrogen) atoms. The first-order valence-electron chi connectivity index (χ1n) is 8.17. The molecule has 4 heteroatoms. The molecule has 0 fully saturated rings. The topological polar surface area (TPSA) is 29.1 Å². The number of amides is 1. The van der Waals surface area contributed by atoms with Gasteiger partial charge in [0.1, 0.15) is 0 Å². The van der Waals surface area contributed by atoms with Gasteiger partial charge in [0, 0.05) is 12.2 Å². The van der Waals surface area contributed by atoms with Gasteiger partial charge in [-0.05, 0) is 38.1 Å². The van der Waals surface area contributed by atoms with E-state index >= 15 is 0 Å². The molecule has 0 aliphatic heterocycles. The van der Waals surface area contributed by atoms with Crippen molar-refractivity contribution in [3.05, 3.63) is 67.5 Å². The third kappa shape index (κ3) is 2.71. The Morgan fingerprint density at radius 1 is 1.21 bits per heavy atom. The van der Waals surface area contributed by atoms with Gasteiger partial charge in [-0.1, -0.05) is 36.9 Å². The fourth-order valence-corrected chi connectivity index (χ4v) is 3.03. The number of anilines is 1. The van der Waals surface area contributed by atoms with Crippen LogP contribution in [-0.4, -0.2) is 17.0 Å². The van der Waals surface area contributed by atoms with E-state index in [9.17, 15) is 4.79 Å². The standard InChI is InChI=1S/C20H22N3O/c1-4-21-15-23(19-14-10-9-13-18(19)21)16(3)20(24)22(5-2)17-11-7-6-8-12-17/h4,6-16H,1,5H2,2-3H3/q+1/t16-/m0/s1. The first-order valence-corrected chi connectivity index (χ1v) is 8.17. The van der Waals surface area contributed by atoms with Crippen LogP contribution < -0.4 is 9.47 Å². The third-order valence-electron chi connectivity index (χ3n) is 4.31. The molecule has 0 aliphatic rings. The zero-order valence-electron chi connectivity index (χ0n) is 14.1. The van der Waals surface area contributed by atoms with Gasteiger partial charge in [0.15, 0.2) is 17.1 Å². The Kier molecular flexibility index (Phi) is 4.47. The SMILES string of the molecule is C=Cn1c[n+]([C@@H](C)C(=O)N(CC)c2ccccc2)c2ccccc21. The maximum absolute atomic E-state index is 13.1. The van der Waals surface area contributed by atoms with Gasteiger partial charge in [-0.2, -0.15) is 0 Å². The molecule has 1 aromatic heterocycles. The van der Waals surface area contributed by atoms with Crippen LogP contribution in [0.25, 0.3) is 17.2 Å². The summed E-state index contributed by atoms with van der Waals surface area (Å²) in [6.45, 7) is 8.42. The van der Waals surface area contributed by atoms with Gasteiger partial charge in [0.2, 0.25) is 6.33 Å². The molecule has 0 spiro atoms. The van der Waals surface area contributed by atoms with E-state index in [1.165, 1.54) is 0 Å². The van der Waals surface area contributed by atoms with Gasteiger partial charge in [-0.3, -0.25) is 4.79 Å². The molecule has 0 unspecified atom stereocenters. The average molecular weight is 320 g/mol. The number of imidazole rings is 1. The molecule has 0 bridgehead atoms. The van der Waals surface area contributed by atoms with Gasteiger partial charge < -0.3 is 4.90 Å². The second kappa shape index (κ2) is 6.71. The smallest absolute Gasteiger partial charge is 0.272 e. The van der Waals surface area contributed by atoms with Crippen LogP contribution in [0.5, 0.6) is 0 Å². The maximum atomic E-state index is 13.1. The molecule has 122 valence electrons. The Balaban J connectivity index is 2.01. The van der Waals surface area contributed by atoms with E-state index in [0.717, 1.165) is 16.7 Å². The normalized spacial score (nSPS) is 12.1. The number of hydrogen-bond acceptors (Lipinski definition) is 1. The number of benzene rings is 2. The van der Waals surface area contributed by atoms with Crippen LogP contribution in [0.1, 0.15) is 19.9 Å². The molecule has 0 aliphatic carbocycles. The van der Waals surface area contributed by atoms with Gasteiger partial charge in [-0.15, -0.1) is 0 Å². The molecule has 4 nitrogen and oxygen atoms in total. The monoisotopic (exact) mass is 320 g/mol. The Morgan fingerprint density at radius 2 is 1.88 bits per heavy atom. The summed E-state index contributed by atoms with van der Waals surface area (Å²) >= 11 is 0. The van der Waals surface area contributed by atoms with Crippen molar-refractivity contribution in [3.63, 3.8) is 0 Å². The molecule has 0 saturated heterocycles. The fraction of sp³-hybridized carbons (Fsp3) is 0.200. The number of nitrogens with zero attached hydrogens (tertiary/aromatic N) is 3. The lowest BCUT2D eigenvalue weighted by Crippen LogP contribution is -2.48. The number of rotatable bonds is 5. The highest BCUT2D eigenvalue weighted by Crippen LogP contribution is 2.18. The van der Waals surface area contributed by atoms with Crippen LogP contribution >= 0.6 is 0 Å². The highest BCUT2D eigenvalue weighted by molar-refractivity contribution is 5.95. The molecule has 3 aromatic rings. The minimum absolute atomic E-state index is 0.0701. The summed E-state index contributed by atoms with van der Waals surface area (Å²) in [6.07, 6.45) is 3.68. The molecule has 0 N–H and O–H groups in total. The molecular weight excluding hydrogens is 298 g/mol. The Bertz CT molecular complexity index is 867. The second-order valence-electron chi connectivity index (χ2n) is 5.70. The quantitative estimate of drug-likeness (QED) is 0.660. The Hall–Kier alpha value is -2.88. The minimum Gasteiger partial charge on any atom is -0.309 e. The molecule has 2 aromatic carbocycles. The first-order chi connectivity index (χ1) is 11.7. The summed E-state index contributed by atoms with van der Waals surface area (Å²) in [5.41, 5.74) is 2.97. The minimum atomic E-state index is -0.309. The van der Waals surface area contributed by atoms with Gasteiger partial charge >= 0.3 is 0 Å². The van der Waals surface area contributed by atoms with Crippen molar-refractivity contribution in [1.29, 1.82) is 0 Å². The molecule has 0 radical (unpaired) electrons. The summed E-state index contributed by atoms with van der Waals surface area (Å²) in [5, 5.41) is 0.